The summed E-state index contributed by atoms with van der Waals surface area (Å²) in [5, 5.41) is 8.10. The van der Waals surface area contributed by atoms with Crippen LogP contribution in [0.4, 0.5) is 0 Å². The number of nitrogens with one attached hydrogen (secondary N) is 1. The maximum absolute atomic E-state index is 3.64. The predicted molar refractivity (Wildman–Crippen MR) is 67.4 cm³/mol. The lowest BCUT2D eigenvalue weighted by Gasteiger charge is -2.19. The third-order valence-corrected chi connectivity index (χ3v) is 4.31. The third kappa shape index (κ3) is 2.61. The molecule has 1 aromatic heterocycles. The Kier molecular flexibility index (Phi) is 3.17. The van der Waals surface area contributed by atoms with Gasteiger partial charge in [-0.2, -0.15) is 11.3 Å². The monoisotopic (exact) mass is 223 g/mol. The third-order valence-electron chi connectivity index (χ3n) is 3.58. The van der Waals surface area contributed by atoms with Crippen LogP contribution in [0, 0.1) is 11.3 Å². The molecule has 1 aliphatic carbocycles. The van der Waals surface area contributed by atoms with Crippen molar-refractivity contribution < 1.29 is 0 Å². The van der Waals surface area contributed by atoms with E-state index in [1.807, 2.05) is 0 Å². The molecule has 0 aliphatic heterocycles. The van der Waals surface area contributed by atoms with Crippen molar-refractivity contribution in [3.63, 3.8) is 0 Å². The van der Waals surface area contributed by atoms with Crippen molar-refractivity contribution in [3.05, 3.63) is 22.4 Å². The average molecular weight is 223 g/mol. The van der Waals surface area contributed by atoms with Gasteiger partial charge in [0.15, 0.2) is 0 Å². The lowest BCUT2D eigenvalue weighted by atomic mass is 9.98. The van der Waals surface area contributed by atoms with Gasteiger partial charge in [0.25, 0.3) is 0 Å². The molecular weight excluding hydrogens is 202 g/mol. The standard InChI is InChI=1S/C13H21NS/c1-4-14-12(11-8-13(11,2)3)7-10-5-6-15-9-10/h5-6,9,11-12,14H,4,7-8H2,1-3H3. The minimum absolute atomic E-state index is 0.572. The van der Waals surface area contributed by atoms with E-state index >= 15 is 0 Å². The molecule has 15 heavy (non-hydrogen) atoms. The number of rotatable bonds is 5. The second-order valence-electron chi connectivity index (χ2n) is 5.30. The quantitative estimate of drug-likeness (QED) is 0.807. The first kappa shape index (κ1) is 11.2. The van der Waals surface area contributed by atoms with Gasteiger partial charge in [-0.3, -0.25) is 0 Å². The van der Waals surface area contributed by atoms with E-state index in [1.54, 1.807) is 11.3 Å². The first-order valence-corrected chi connectivity index (χ1v) is 6.82. The first-order valence-electron chi connectivity index (χ1n) is 5.88. The van der Waals surface area contributed by atoms with Gasteiger partial charge in [0.2, 0.25) is 0 Å². The molecule has 1 heterocycles. The number of hydrogen-bond acceptors (Lipinski definition) is 2. The Labute approximate surface area is 96.9 Å². The van der Waals surface area contributed by atoms with Gasteiger partial charge in [-0.1, -0.05) is 20.8 Å². The molecule has 2 unspecified atom stereocenters. The van der Waals surface area contributed by atoms with E-state index in [4.69, 9.17) is 0 Å². The van der Waals surface area contributed by atoms with Crippen molar-refractivity contribution in [1.29, 1.82) is 0 Å². The highest BCUT2D eigenvalue weighted by atomic mass is 32.1. The molecule has 1 aromatic rings. The average Bonchev–Trinajstić information content (AvgIpc) is 2.65. The molecule has 0 aromatic carbocycles. The lowest BCUT2D eigenvalue weighted by Crippen LogP contribution is -2.34. The van der Waals surface area contributed by atoms with E-state index < -0.39 is 0 Å². The summed E-state index contributed by atoms with van der Waals surface area (Å²) in [5.74, 6) is 0.873. The zero-order valence-electron chi connectivity index (χ0n) is 9.92. The van der Waals surface area contributed by atoms with Crippen molar-refractivity contribution in [2.75, 3.05) is 6.54 Å². The van der Waals surface area contributed by atoms with Gasteiger partial charge in [-0.05, 0) is 53.1 Å². The van der Waals surface area contributed by atoms with E-state index in [1.165, 1.54) is 18.4 Å². The summed E-state index contributed by atoms with van der Waals surface area (Å²) in [7, 11) is 0. The van der Waals surface area contributed by atoms with E-state index in [9.17, 15) is 0 Å². The Morgan fingerprint density at radius 2 is 2.33 bits per heavy atom. The van der Waals surface area contributed by atoms with Crippen LogP contribution < -0.4 is 5.32 Å². The Bertz CT molecular complexity index is 302. The normalized spacial score (nSPS) is 25.1. The van der Waals surface area contributed by atoms with Crippen LogP contribution in [-0.4, -0.2) is 12.6 Å². The van der Waals surface area contributed by atoms with Crippen LogP contribution in [0.15, 0.2) is 16.8 Å². The van der Waals surface area contributed by atoms with Gasteiger partial charge in [0.1, 0.15) is 0 Å². The van der Waals surface area contributed by atoms with E-state index in [2.05, 4.69) is 42.9 Å². The Balaban J connectivity index is 1.96. The van der Waals surface area contributed by atoms with Crippen molar-refractivity contribution in [2.24, 2.45) is 11.3 Å². The molecule has 2 atom stereocenters. The van der Waals surface area contributed by atoms with Gasteiger partial charge < -0.3 is 5.32 Å². The summed E-state index contributed by atoms with van der Waals surface area (Å²) in [5.41, 5.74) is 2.07. The fourth-order valence-electron chi connectivity index (χ4n) is 2.48. The highest BCUT2D eigenvalue weighted by molar-refractivity contribution is 7.07. The summed E-state index contributed by atoms with van der Waals surface area (Å²) in [4.78, 5) is 0. The SMILES string of the molecule is CCNC(Cc1ccsc1)C1CC1(C)C. The van der Waals surface area contributed by atoms with Crippen LogP contribution in [0.5, 0.6) is 0 Å². The summed E-state index contributed by atoms with van der Waals surface area (Å²) in [6.45, 7) is 8.06. The summed E-state index contributed by atoms with van der Waals surface area (Å²) < 4.78 is 0. The van der Waals surface area contributed by atoms with Crippen molar-refractivity contribution >= 4 is 11.3 Å². The minimum Gasteiger partial charge on any atom is -0.314 e. The van der Waals surface area contributed by atoms with E-state index in [0.717, 1.165) is 12.5 Å². The highest BCUT2D eigenvalue weighted by Gasteiger charge is 2.49. The molecule has 1 aliphatic rings. The Morgan fingerprint density at radius 1 is 1.60 bits per heavy atom. The molecule has 0 radical (unpaired) electrons. The molecule has 0 spiro atoms. The number of hydrogen-bond donors (Lipinski definition) is 1. The fraction of sp³-hybridized carbons (Fsp3) is 0.692. The Morgan fingerprint density at radius 3 is 2.80 bits per heavy atom. The van der Waals surface area contributed by atoms with Crippen molar-refractivity contribution in [1.82, 2.24) is 5.32 Å². The van der Waals surface area contributed by atoms with Crippen LogP contribution in [0.25, 0.3) is 0 Å². The lowest BCUT2D eigenvalue weighted by molar-refractivity contribution is 0.410. The predicted octanol–water partition coefficient (Wildman–Crippen LogP) is 3.31. The first-order chi connectivity index (χ1) is 7.13. The van der Waals surface area contributed by atoms with Crippen LogP contribution in [0.2, 0.25) is 0 Å². The van der Waals surface area contributed by atoms with E-state index in [-0.39, 0.29) is 0 Å². The molecule has 84 valence electrons. The summed E-state index contributed by atoms with van der Waals surface area (Å²) >= 11 is 1.80. The molecule has 1 fully saturated rings. The molecule has 1 N–H and O–H groups in total. The van der Waals surface area contributed by atoms with Crippen LogP contribution in [0.1, 0.15) is 32.8 Å². The molecule has 0 saturated heterocycles. The summed E-state index contributed by atoms with van der Waals surface area (Å²) in [6.07, 6.45) is 2.58. The maximum Gasteiger partial charge on any atom is 0.0141 e. The van der Waals surface area contributed by atoms with Gasteiger partial charge in [-0.15, -0.1) is 0 Å². The largest absolute Gasteiger partial charge is 0.314 e. The number of likely N-dealkylation sites (N-methyl/N-ethyl adjacent to an activating group) is 1. The highest BCUT2D eigenvalue weighted by Crippen LogP contribution is 2.54. The molecular formula is C13H21NS. The molecule has 2 heteroatoms. The maximum atomic E-state index is 3.64. The molecule has 0 amide bonds. The molecule has 0 bridgehead atoms. The number of thiophene rings is 1. The summed E-state index contributed by atoms with van der Waals surface area (Å²) in [6, 6.07) is 2.93. The van der Waals surface area contributed by atoms with Gasteiger partial charge >= 0.3 is 0 Å². The van der Waals surface area contributed by atoms with Crippen molar-refractivity contribution in [3.8, 4) is 0 Å². The zero-order valence-corrected chi connectivity index (χ0v) is 10.7. The zero-order chi connectivity index (χ0) is 10.9. The fourth-order valence-corrected chi connectivity index (χ4v) is 3.16. The molecule has 1 saturated carbocycles. The topological polar surface area (TPSA) is 12.0 Å². The van der Waals surface area contributed by atoms with E-state index in [0.29, 0.717) is 11.5 Å². The van der Waals surface area contributed by atoms with Crippen LogP contribution >= 0.6 is 11.3 Å². The van der Waals surface area contributed by atoms with Gasteiger partial charge in [-0.25, -0.2) is 0 Å². The second kappa shape index (κ2) is 4.26. The molecule has 2 rings (SSSR count). The van der Waals surface area contributed by atoms with Crippen LogP contribution in [0.3, 0.4) is 0 Å². The van der Waals surface area contributed by atoms with Gasteiger partial charge in [0.05, 0.1) is 0 Å². The Hall–Kier alpha value is -0.340. The minimum atomic E-state index is 0.572. The van der Waals surface area contributed by atoms with Crippen LogP contribution in [-0.2, 0) is 6.42 Å². The second-order valence-corrected chi connectivity index (χ2v) is 6.08. The molecule has 1 nitrogen and oxygen atoms in total. The van der Waals surface area contributed by atoms with Gasteiger partial charge in [0, 0.05) is 6.04 Å². The van der Waals surface area contributed by atoms with Crippen molar-refractivity contribution in [2.45, 2.75) is 39.7 Å². The smallest absolute Gasteiger partial charge is 0.0141 e.